The molecule has 4 aromatic carbocycles. The summed E-state index contributed by atoms with van der Waals surface area (Å²) in [6.45, 7) is 2.01. The minimum Gasteiger partial charge on any atom is -0.497 e. The lowest BCUT2D eigenvalue weighted by molar-refractivity contribution is -0.121. The van der Waals surface area contributed by atoms with E-state index in [1.54, 1.807) is 55.6 Å². The highest BCUT2D eigenvalue weighted by atomic mass is 35.5. The second-order valence-corrected chi connectivity index (χ2v) is 11.4. The van der Waals surface area contributed by atoms with E-state index in [2.05, 4.69) is 5.32 Å². The number of allylic oxidation sites excluding steroid dienone is 1. The Morgan fingerprint density at radius 1 is 0.857 bits per heavy atom. The van der Waals surface area contributed by atoms with Gasteiger partial charge in [-0.2, -0.15) is 0 Å². The highest BCUT2D eigenvalue weighted by molar-refractivity contribution is 6.30. The van der Waals surface area contributed by atoms with E-state index in [1.807, 2.05) is 66.4 Å². The summed E-state index contributed by atoms with van der Waals surface area (Å²) in [6, 6.07) is 27.3. The molecule has 1 saturated heterocycles. The highest BCUT2D eigenvalue weighted by Crippen LogP contribution is 2.58. The molecule has 1 amide bonds. The topological polar surface area (TPSA) is 75.7 Å². The molecule has 1 spiro atoms. The van der Waals surface area contributed by atoms with Crippen molar-refractivity contribution in [3.8, 4) is 5.75 Å². The summed E-state index contributed by atoms with van der Waals surface area (Å²) >= 11 is 6.18. The summed E-state index contributed by atoms with van der Waals surface area (Å²) in [5.74, 6) is -1.26. The number of ketones is 2. The lowest BCUT2D eigenvalue weighted by Gasteiger charge is -2.39. The lowest BCUT2D eigenvalue weighted by atomic mass is 9.64. The van der Waals surface area contributed by atoms with Gasteiger partial charge in [-0.3, -0.25) is 14.4 Å². The fourth-order valence-corrected chi connectivity index (χ4v) is 7.23. The van der Waals surface area contributed by atoms with Crippen molar-refractivity contribution < 1.29 is 19.1 Å². The van der Waals surface area contributed by atoms with Crippen LogP contribution < -0.4 is 15.0 Å². The van der Waals surface area contributed by atoms with Crippen LogP contribution in [0.4, 0.5) is 11.4 Å². The number of para-hydroxylation sites is 2. The Kier molecular flexibility index (Phi) is 6.06. The number of methoxy groups -OCH3 is 1. The number of rotatable bonds is 5. The van der Waals surface area contributed by atoms with E-state index < -0.39 is 23.4 Å². The molecule has 3 aliphatic rings. The predicted octanol–water partition coefficient (Wildman–Crippen LogP) is 6.59. The number of hydrogen-bond donors (Lipinski definition) is 1. The average Bonchev–Trinajstić information content (AvgIpc) is 3.49. The van der Waals surface area contributed by atoms with Crippen molar-refractivity contribution in [3.63, 3.8) is 0 Å². The zero-order valence-electron chi connectivity index (χ0n) is 23.0. The molecule has 1 N–H and O–H groups in total. The second-order valence-electron chi connectivity index (χ2n) is 11.0. The fourth-order valence-electron chi connectivity index (χ4n) is 7.11. The smallest absolute Gasteiger partial charge is 0.238 e. The number of hydrogen-bond acceptors (Lipinski definition) is 5. The molecule has 0 saturated carbocycles. The van der Waals surface area contributed by atoms with Crippen LogP contribution in [0.2, 0.25) is 5.02 Å². The van der Waals surface area contributed by atoms with Gasteiger partial charge in [0.15, 0.2) is 11.6 Å². The van der Waals surface area contributed by atoms with Gasteiger partial charge in [0, 0.05) is 33.1 Å². The molecular formula is C35H27ClN2O4. The Labute approximate surface area is 248 Å². The van der Waals surface area contributed by atoms with Crippen molar-refractivity contribution in [1.29, 1.82) is 0 Å². The first-order valence-electron chi connectivity index (χ1n) is 13.8. The SMILES string of the molecule is COc1ccc(C(=O)[C@@H]2[C@H](C(=O)c3ccc(Cl)cc3)N3c4ccccc4C(C)=C[C@H]3[C@@]23C(=O)Nc2ccccc23)cc1. The van der Waals surface area contributed by atoms with E-state index in [9.17, 15) is 14.4 Å². The second kappa shape index (κ2) is 9.71. The van der Waals surface area contributed by atoms with E-state index in [0.29, 0.717) is 33.1 Å². The third-order valence-electron chi connectivity index (χ3n) is 8.94. The van der Waals surface area contributed by atoms with Crippen molar-refractivity contribution in [1.82, 2.24) is 0 Å². The van der Waals surface area contributed by atoms with Gasteiger partial charge in [-0.25, -0.2) is 0 Å². The molecule has 0 bridgehead atoms. The highest BCUT2D eigenvalue weighted by Gasteiger charge is 2.70. The normalized spacial score (nSPS) is 23.5. The zero-order chi connectivity index (χ0) is 29.2. The van der Waals surface area contributed by atoms with Crippen molar-refractivity contribution >= 4 is 46.0 Å². The van der Waals surface area contributed by atoms with Gasteiger partial charge < -0.3 is 15.0 Å². The van der Waals surface area contributed by atoms with Crippen LogP contribution in [0.5, 0.6) is 5.75 Å². The fraction of sp³-hybridized carbons (Fsp3) is 0.171. The van der Waals surface area contributed by atoms with Crippen LogP contribution in [0.15, 0.2) is 103 Å². The van der Waals surface area contributed by atoms with Gasteiger partial charge in [-0.15, -0.1) is 0 Å². The number of nitrogens with zero attached hydrogens (tertiary/aromatic N) is 1. The Morgan fingerprint density at radius 2 is 1.50 bits per heavy atom. The van der Waals surface area contributed by atoms with Crippen LogP contribution >= 0.6 is 11.6 Å². The minimum atomic E-state index is -1.37. The average molecular weight is 575 g/mol. The van der Waals surface area contributed by atoms with E-state index >= 15 is 0 Å². The monoisotopic (exact) mass is 574 g/mol. The van der Waals surface area contributed by atoms with Gasteiger partial charge >= 0.3 is 0 Å². The number of anilines is 2. The number of ether oxygens (including phenoxy) is 1. The van der Waals surface area contributed by atoms with Crippen LogP contribution in [0.1, 0.15) is 38.8 Å². The molecule has 4 aromatic rings. The molecule has 0 radical (unpaired) electrons. The van der Waals surface area contributed by atoms with Crippen LogP contribution in [-0.4, -0.2) is 36.7 Å². The van der Waals surface area contributed by atoms with E-state index in [1.165, 1.54) is 0 Å². The number of benzene rings is 4. The predicted molar refractivity (Wildman–Crippen MR) is 163 cm³/mol. The number of halogens is 1. The summed E-state index contributed by atoms with van der Waals surface area (Å²) in [6.07, 6.45) is 2.05. The van der Waals surface area contributed by atoms with E-state index in [-0.39, 0.29) is 17.5 Å². The third-order valence-corrected chi connectivity index (χ3v) is 9.19. The lowest BCUT2D eigenvalue weighted by Crippen LogP contribution is -2.51. The Balaban J connectivity index is 1.54. The maximum absolute atomic E-state index is 14.9. The molecule has 208 valence electrons. The molecule has 6 nitrogen and oxygen atoms in total. The number of carbonyl (C=O) groups excluding carboxylic acids is 3. The van der Waals surface area contributed by atoms with Crippen molar-refractivity contribution in [3.05, 3.63) is 130 Å². The Bertz CT molecular complexity index is 1800. The summed E-state index contributed by atoms with van der Waals surface area (Å²) in [5, 5.41) is 3.57. The first kappa shape index (κ1) is 26.2. The number of nitrogens with one attached hydrogen (secondary N) is 1. The van der Waals surface area contributed by atoms with Crippen LogP contribution in [-0.2, 0) is 10.2 Å². The molecule has 42 heavy (non-hydrogen) atoms. The molecule has 1 fully saturated rings. The van der Waals surface area contributed by atoms with E-state index in [0.717, 1.165) is 16.8 Å². The molecule has 0 aromatic heterocycles. The number of Topliss-reactive ketones (excluding diaryl/α,β-unsaturated/α-hetero) is 2. The van der Waals surface area contributed by atoms with Crippen LogP contribution in [0, 0.1) is 5.92 Å². The molecular weight excluding hydrogens is 548 g/mol. The quantitative estimate of drug-likeness (QED) is 0.272. The maximum atomic E-state index is 14.9. The van der Waals surface area contributed by atoms with Crippen molar-refractivity contribution in [2.24, 2.45) is 5.92 Å². The van der Waals surface area contributed by atoms with Gasteiger partial charge in [0.1, 0.15) is 17.2 Å². The third kappa shape index (κ3) is 3.61. The number of fused-ring (bicyclic) bond motifs is 6. The van der Waals surface area contributed by atoms with Crippen molar-refractivity contribution in [2.45, 2.75) is 24.4 Å². The molecule has 3 aliphatic heterocycles. The molecule has 3 heterocycles. The molecule has 0 aliphatic carbocycles. The number of carbonyl (C=O) groups is 3. The summed E-state index contributed by atoms with van der Waals surface area (Å²) < 4.78 is 5.33. The van der Waals surface area contributed by atoms with Gasteiger partial charge in [0.2, 0.25) is 5.91 Å². The van der Waals surface area contributed by atoms with E-state index in [4.69, 9.17) is 16.3 Å². The Hall–Kier alpha value is -4.68. The molecule has 0 unspecified atom stereocenters. The summed E-state index contributed by atoms with van der Waals surface area (Å²) in [7, 11) is 1.56. The minimum absolute atomic E-state index is 0.250. The molecule has 7 rings (SSSR count). The first-order chi connectivity index (χ1) is 20.4. The van der Waals surface area contributed by atoms with Gasteiger partial charge in [-0.1, -0.05) is 54.1 Å². The zero-order valence-corrected chi connectivity index (χ0v) is 23.8. The molecule has 4 atom stereocenters. The first-order valence-corrected chi connectivity index (χ1v) is 14.2. The summed E-state index contributed by atoms with van der Waals surface area (Å²) in [4.78, 5) is 46.0. The molecule has 7 heteroatoms. The maximum Gasteiger partial charge on any atom is 0.238 e. The van der Waals surface area contributed by atoms with Crippen LogP contribution in [0.25, 0.3) is 5.57 Å². The van der Waals surface area contributed by atoms with Crippen molar-refractivity contribution in [2.75, 3.05) is 17.3 Å². The van der Waals surface area contributed by atoms with Gasteiger partial charge in [0.05, 0.1) is 19.1 Å². The van der Waals surface area contributed by atoms with Gasteiger partial charge in [-0.05, 0) is 78.7 Å². The Morgan fingerprint density at radius 3 is 2.24 bits per heavy atom. The number of amides is 1. The summed E-state index contributed by atoms with van der Waals surface area (Å²) in [5.41, 5.74) is 3.58. The standard InChI is InChI=1S/C35H27ClN2O4/c1-20-19-29-35(26-8-4-5-9-27(26)37-34(35)41)30(32(39)21-13-17-24(42-2)18-14-21)31(33(40)22-11-15-23(36)16-12-22)38(29)28-10-6-3-7-25(20)28/h3-19,29-31H,1-2H3,(H,37,41)/t29-,30-,31+,35+/m0/s1. The van der Waals surface area contributed by atoms with Gasteiger partial charge in [0.25, 0.3) is 0 Å². The largest absolute Gasteiger partial charge is 0.497 e. The van der Waals surface area contributed by atoms with Crippen LogP contribution in [0.3, 0.4) is 0 Å².